The van der Waals surface area contributed by atoms with Gasteiger partial charge in [0.05, 0.1) is 0 Å². The summed E-state index contributed by atoms with van der Waals surface area (Å²) in [5.41, 5.74) is 3.80. The lowest BCUT2D eigenvalue weighted by molar-refractivity contribution is 0.0216. The largest absolute Gasteiger partial charge is 0.380 e. The zero-order valence-corrected chi connectivity index (χ0v) is 17.4. The maximum absolute atomic E-state index is 12.0. The fourth-order valence-electron chi connectivity index (χ4n) is 4.23. The van der Waals surface area contributed by atoms with E-state index in [1.54, 1.807) is 0 Å². The van der Waals surface area contributed by atoms with Crippen molar-refractivity contribution in [2.45, 2.75) is 44.6 Å². The molecular formula is C25H33NO. The number of aliphatic hydroxyl groups is 1. The Morgan fingerprint density at radius 3 is 2.22 bits per heavy atom. The van der Waals surface area contributed by atoms with Crippen molar-refractivity contribution in [2.75, 3.05) is 20.6 Å². The molecule has 1 N–H and O–H groups in total. The lowest BCUT2D eigenvalue weighted by Crippen LogP contribution is -2.38. The second-order valence-electron chi connectivity index (χ2n) is 9.17. The zero-order chi connectivity index (χ0) is 19.7. The number of rotatable bonds is 4. The van der Waals surface area contributed by atoms with Crippen molar-refractivity contribution in [3.05, 3.63) is 76.9 Å². The molecule has 1 aliphatic carbocycles. The molecule has 2 aromatic carbocycles. The minimum absolute atomic E-state index is 0.114. The maximum Gasteiger partial charge on any atom is 0.115 e. The quantitative estimate of drug-likeness (QED) is 0.804. The van der Waals surface area contributed by atoms with Crippen molar-refractivity contribution in [3.8, 4) is 0 Å². The van der Waals surface area contributed by atoms with E-state index < -0.39 is 5.60 Å². The highest BCUT2D eigenvalue weighted by Gasteiger charge is 2.46. The van der Waals surface area contributed by atoms with Crippen LogP contribution in [0, 0.1) is 5.92 Å². The summed E-state index contributed by atoms with van der Waals surface area (Å²) >= 11 is 0. The first-order valence-corrected chi connectivity index (χ1v) is 9.95. The standard InChI is InChI=1S/C25H33NO/c1-24(2,3)20-11-13-21(14-12-20)25(27)22(15-16-23(25)18-26(4)5)17-19-9-7-6-8-10-19/h6-14,17,23,27H,15-16,18H2,1-5H3. The van der Waals surface area contributed by atoms with Crippen LogP contribution in [-0.4, -0.2) is 30.6 Å². The monoisotopic (exact) mass is 363 g/mol. The smallest absolute Gasteiger partial charge is 0.115 e. The summed E-state index contributed by atoms with van der Waals surface area (Å²) in [4.78, 5) is 2.19. The highest BCUT2D eigenvalue weighted by atomic mass is 16.3. The third-order valence-corrected chi connectivity index (χ3v) is 5.76. The number of benzene rings is 2. The molecule has 0 bridgehead atoms. The molecule has 2 aromatic rings. The van der Waals surface area contributed by atoms with Gasteiger partial charge in [-0.1, -0.05) is 81.4 Å². The Balaban J connectivity index is 2.04. The fraction of sp³-hybridized carbons (Fsp3) is 0.440. The molecule has 0 aliphatic heterocycles. The van der Waals surface area contributed by atoms with Gasteiger partial charge in [-0.2, -0.15) is 0 Å². The first-order valence-electron chi connectivity index (χ1n) is 9.95. The van der Waals surface area contributed by atoms with Gasteiger partial charge in [0.1, 0.15) is 5.60 Å². The van der Waals surface area contributed by atoms with E-state index in [4.69, 9.17) is 0 Å². The van der Waals surface area contributed by atoms with Gasteiger partial charge in [0.25, 0.3) is 0 Å². The minimum atomic E-state index is -0.906. The lowest BCUT2D eigenvalue weighted by atomic mass is 9.78. The molecule has 0 spiro atoms. The van der Waals surface area contributed by atoms with Crippen molar-refractivity contribution in [3.63, 3.8) is 0 Å². The molecule has 1 saturated carbocycles. The van der Waals surface area contributed by atoms with Gasteiger partial charge in [-0.15, -0.1) is 0 Å². The Morgan fingerprint density at radius 2 is 1.67 bits per heavy atom. The summed E-state index contributed by atoms with van der Waals surface area (Å²) in [6.07, 6.45) is 4.13. The van der Waals surface area contributed by atoms with Gasteiger partial charge in [0.2, 0.25) is 0 Å². The van der Waals surface area contributed by atoms with Crippen LogP contribution in [-0.2, 0) is 11.0 Å². The number of nitrogens with zero attached hydrogens (tertiary/aromatic N) is 1. The van der Waals surface area contributed by atoms with Crippen LogP contribution in [0.4, 0.5) is 0 Å². The zero-order valence-electron chi connectivity index (χ0n) is 17.4. The molecule has 2 nitrogen and oxygen atoms in total. The molecule has 3 rings (SSSR count). The molecule has 2 atom stereocenters. The Bertz CT molecular complexity index is 783. The van der Waals surface area contributed by atoms with E-state index in [1.165, 1.54) is 5.56 Å². The van der Waals surface area contributed by atoms with Gasteiger partial charge in [-0.3, -0.25) is 0 Å². The minimum Gasteiger partial charge on any atom is -0.380 e. The SMILES string of the molecule is CN(C)CC1CCC(=Cc2ccccc2)C1(O)c1ccc(C(C)(C)C)cc1. The molecule has 0 amide bonds. The summed E-state index contributed by atoms with van der Waals surface area (Å²) in [6, 6.07) is 19.0. The van der Waals surface area contributed by atoms with Crippen LogP contribution in [0.5, 0.6) is 0 Å². The first kappa shape index (κ1) is 19.9. The van der Waals surface area contributed by atoms with Gasteiger partial charge in [0, 0.05) is 12.5 Å². The van der Waals surface area contributed by atoms with Gasteiger partial charge in [-0.05, 0) is 54.6 Å². The second-order valence-corrected chi connectivity index (χ2v) is 9.17. The third-order valence-electron chi connectivity index (χ3n) is 5.76. The molecule has 144 valence electrons. The highest BCUT2D eigenvalue weighted by Crippen LogP contribution is 2.48. The van der Waals surface area contributed by atoms with Crippen molar-refractivity contribution >= 4 is 6.08 Å². The van der Waals surface area contributed by atoms with E-state index in [0.29, 0.717) is 0 Å². The van der Waals surface area contributed by atoms with Crippen LogP contribution < -0.4 is 0 Å². The van der Waals surface area contributed by atoms with E-state index in [9.17, 15) is 5.11 Å². The Labute approximate surface area is 164 Å². The van der Waals surface area contributed by atoms with Crippen LogP contribution in [0.15, 0.2) is 60.2 Å². The van der Waals surface area contributed by atoms with Crippen molar-refractivity contribution in [1.82, 2.24) is 4.90 Å². The van der Waals surface area contributed by atoms with Gasteiger partial charge >= 0.3 is 0 Å². The predicted octanol–water partition coefficient (Wildman–Crippen LogP) is 5.23. The van der Waals surface area contributed by atoms with E-state index in [-0.39, 0.29) is 11.3 Å². The van der Waals surface area contributed by atoms with E-state index in [1.807, 2.05) is 6.07 Å². The lowest BCUT2D eigenvalue weighted by Gasteiger charge is -2.34. The number of hydrogen-bond acceptors (Lipinski definition) is 2. The topological polar surface area (TPSA) is 23.5 Å². The van der Waals surface area contributed by atoms with Gasteiger partial charge < -0.3 is 10.0 Å². The Morgan fingerprint density at radius 1 is 1.04 bits per heavy atom. The average Bonchev–Trinajstić information content (AvgIpc) is 2.92. The molecule has 0 saturated heterocycles. The molecule has 2 heteroatoms. The molecule has 0 radical (unpaired) electrons. The van der Waals surface area contributed by atoms with Crippen LogP contribution in [0.3, 0.4) is 0 Å². The maximum atomic E-state index is 12.0. The second kappa shape index (κ2) is 7.61. The van der Waals surface area contributed by atoms with Crippen LogP contribution in [0.2, 0.25) is 0 Å². The highest BCUT2D eigenvalue weighted by molar-refractivity contribution is 5.58. The Kier molecular flexibility index (Phi) is 5.60. The summed E-state index contributed by atoms with van der Waals surface area (Å²) in [5.74, 6) is 0.197. The van der Waals surface area contributed by atoms with E-state index in [0.717, 1.165) is 36.1 Å². The number of hydrogen-bond donors (Lipinski definition) is 1. The third kappa shape index (κ3) is 4.17. The van der Waals surface area contributed by atoms with Crippen LogP contribution in [0.25, 0.3) is 6.08 Å². The van der Waals surface area contributed by atoms with Crippen LogP contribution in [0.1, 0.15) is 50.3 Å². The molecular weight excluding hydrogens is 330 g/mol. The van der Waals surface area contributed by atoms with Crippen molar-refractivity contribution in [1.29, 1.82) is 0 Å². The molecule has 1 aliphatic rings. The summed E-state index contributed by atoms with van der Waals surface area (Å²) < 4.78 is 0. The summed E-state index contributed by atoms with van der Waals surface area (Å²) in [6.45, 7) is 7.55. The van der Waals surface area contributed by atoms with E-state index >= 15 is 0 Å². The molecule has 2 unspecified atom stereocenters. The summed E-state index contributed by atoms with van der Waals surface area (Å²) in [5, 5.41) is 12.0. The summed E-state index contributed by atoms with van der Waals surface area (Å²) in [7, 11) is 4.17. The molecule has 1 fully saturated rings. The molecule has 0 aromatic heterocycles. The first-order chi connectivity index (χ1) is 12.7. The molecule has 0 heterocycles. The molecule has 27 heavy (non-hydrogen) atoms. The van der Waals surface area contributed by atoms with Crippen LogP contribution >= 0.6 is 0 Å². The fourth-order valence-corrected chi connectivity index (χ4v) is 4.23. The van der Waals surface area contributed by atoms with E-state index in [2.05, 4.69) is 94.4 Å². The normalized spacial score (nSPS) is 24.7. The average molecular weight is 364 g/mol. The predicted molar refractivity (Wildman–Crippen MR) is 115 cm³/mol. The van der Waals surface area contributed by atoms with Gasteiger partial charge in [0.15, 0.2) is 0 Å². The van der Waals surface area contributed by atoms with Crippen molar-refractivity contribution < 1.29 is 5.11 Å². The van der Waals surface area contributed by atoms with Gasteiger partial charge in [-0.25, -0.2) is 0 Å². The Hall–Kier alpha value is -1.90. The van der Waals surface area contributed by atoms with Crippen molar-refractivity contribution in [2.24, 2.45) is 5.92 Å².